The number of benzene rings is 1. The minimum atomic E-state index is -0.0398. The fourth-order valence-electron chi connectivity index (χ4n) is 2.93. The van der Waals surface area contributed by atoms with E-state index in [-0.39, 0.29) is 11.9 Å². The van der Waals surface area contributed by atoms with Crippen molar-refractivity contribution in [3.8, 4) is 0 Å². The van der Waals surface area contributed by atoms with Crippen molar-refractivity contribution in [3.63, 3.8) is 0 Å². The van der Waals surface area contributed by atoms with Crippen LogP contribution >= 0.6 is 0 Å². The Kier molecular flexibility index (Phi) is 6.40. The Morgan fingerprint density at radius 2 is 1.77 bits per heavy atom. The van der Waals surface area contributed by atoms with Gasteiger partial charge in [-0.1, -0.05) is 44.2 Å². The molecular weight excluding hydrogens is 274 g/mol. The first-order chi connectivity index (χ1) is 10.6. The molecule has 0 aliphatic carbocycles. The molecule has 2 rings (SSSR count). The van der Waals surface area contributed by atoms with Crippen LogP contribution in [0.2, 0.25) is 0 Å². The zero-order chi connectivity index (χ0) is 15.9. The van der Waals surface area contributed by atoms with Crippen molar-refractivity contribution in [1.29, 1.82) is 0 Å². The molecule has 1 aliphatic rings. The van der Waals surface area contributed by atoms with E-state index in [0.29, 0.717) is 12.5 Å². The Morgan fingerprint density at radius 1 is 1.14 bits per heavy atom. The highest BCUT2D eigenvalue weighted by Crippen LogP contribution is 2.13. The zero-order valence-electron chi connectivity index (χ0n) is 14.1. The normalized spacial score (nSPS) is 19.6. The van der Waals surface area contributed by atoms with E-state index in [0.717, 1.165) is 32.7 Å². The van der Waals surface area contributed by atoms with Gasteiger partial charge >= 0.3 is 0 Å². The van der Waals surface area contributed by atoms with E-state index in [1.165, 1.54) is 5.56 Å². The maximum absolute atomic E-state index is 12.4. The molecule has 1 fully saturated rings. The SMILES string of the molecule is CCN1CCN(C(C)C(=O)NCC(C)c2ccccc2)CC1. The van der Waals surface area contributed by atoms with Gasteiger partial charge in [0.05, 0.1) is 6.04 Å². The Balaban J connectivity index is 1.77. The molecule has 0 radical (unpaired) electrons. The first-order valence-electron chi connectivity index (χ1n) is 8.41. The van der Waals surface area contributed by atoms with Gasteiger partial charge in [-0.2, -0.15) is 0 Å². The zero-order valence-corrected chi connectivity index (χ0v) is 14.1. The van der Waals surface area contributed by atoms with E-state index in [9.17, 15) is 4.79 Å². The monoisotopic (exact) mass is 303 g/mol. The second-order valence-corrected chi connectivity index (χ2v) is 6.20. The van der Waals surface area contributed by atoms with Crippen LogP contribution in [0.25, 0.3) is 0 Å². The average Bonchev–Trinajstić information content (AvgIpc) is 2.59. The van der Waals surface area contributed by atoms with Crippen LogP contribution in [0.3, 0.4) is 0 Å². The molecule has 1 aliphatic heterocycles. The van der Waals surface area contributed by atoms with Crippen molar-refractivity contribution >= 4 is 5.91 Å². The molecular formula is C18H29N3O. The van der Waals surface area contributed by atoms with E-state index < -0.39 is 0 Å². The van der Waals surface area contributed by atoms with Crippen molar-refractivity contribution in [1.82, 2.24) is 15.1 Å². The third-order valence-corrected chi connectivity index (χ3v) is 4.73. The minimum absolute atomic E-state index is 0.0398. The smallest absolute Gasteiger partial charge is 0.237 e. The number of amides is 1. The molecule has 1 aromatic rings. The number of rotatable bonds is 6. The number of hydrogen-bond donors (Lipinski definition) is 1. The fourth-order valence-corrected chi connectivity index (χ4v) is 2.93. The summed E-state index contributed by atoms with van der Waals surface area (Å²) in [4.78, 5) is 17.1. The van der Waals surface area contributed by atoms with Crippen LogP contribution < -0.4 is 5.32 Å². The summed E-state index contributed by atoms with van der Waals surface area (Å²) in [7, 11) is 0. The summed E-state index contributed by atoms with van der Waals surface area (Å²) in [6.07, 6.45) is 0. The van der Waals surface area contributed by atoms with Gasteiger partial charge in [0.25, 0.3) is 0 Å². The number of carbonyl (C=O) groups is 1. The molecule has 2 atom stereocenters. The van der Waals surface area contributed by atoms with Crippen LogP contribution in [-0.4, -0.2) is 61.0 Å². The van der Waals surface area contributed by atoms with Crippen LogP contribution in [-0.2, 0) is 4.79 Å². The second-order valence-electron chi connectivity index (χ2n) is 6.20. The van der Waals surface area contributed by atoms with Crippen LogP contribution in [0, 0.1) is 0 Å². The molecule has 0 aromatic heterocycles. The summed E-state index contributed by atoms with van der Waals surface area (Å²) in [6, 6.07) is 10.3. The van der Waals surface area contributed by atoms with Gasteiger partial charge in [-0.3, -0.25) is 9.69 Å². The molecule has 0 bridgehead atoms. The lowest BCUT2D eigenvalue weighted by Gasteiger charge is -2.37. The van der Waals surface area contributed by atoms with Gasteiger partial charge in [-0.15, -0.1) is 0 Å². The van der Waals surface area contributed by atoms with Crippen LogP contribution in [0.15, 0.2) is 30.3 Å². The predicted molar refractivity (Wildman–Crippen MR) is 91.0 cm³/mol. The summed E-state index contributed by atoms with van der Waals surface area (Å²) in [5.74, 6) is 0.488. The van der Waals surface area contributed by atoms with Gasteiger partial charge < -0.3 is 10.2 Å². The van der Waals surface area contributed by atoms with Crippen LogP contribution in [0.4, 0.5) is 0 Å². The van der Waals surface area contributed by atoms with E-state index in [2.05, 4.69) is 41.1 Å². The van der Waals surface area contributed by atoms with E-state index in [4.69, 9.17) is 0 Å². The Labute approximate surface area is 134 Å². The molecule has 0 saturated carbocycles. The standard InChI is InChI=1S/C18H29N3O/c1-4-20-10-12-21(13-11-20)16(3)18(22)19-14-15(2)17-8-6-5-7-9-17/h5-9,15-16H,4,10-14H2,1-3H3,(H,19,22). The highest BCUT2D eigenvalue weighted by atomic mass is 16.2. The molecule has 122 valence electrons. The van der Waals surface area contributed by atoms with Crippen molar-refractivity contribution in [2.75, 3.05) is 39.3 Å². The molecule has 1 aromatic carbocycles. The van der Waals surface area contributed by atoms with Crippen molar-refractivity contribution in [3.05, 3.63) is 35.9 Å². The molecule has 4 nitrogen and oxygen atoms in total. The quantitative estimate of drug-likeness (QED) is 0.872. The number of hydrogen-bond acceptors (Lipinski definition) is 3. The van der Waals surface area contributed by atoms with Crippen LogP contribution in [0.1, 0.15) is 32.3 Å². The highest BCUT2D eigenvalue weighted by Gasteiger charge is 2.25. The van der Waals surface area contributed by atoms with Gasteiger partial charge in [-0.05, 0) is 24.9 Å². The maximum atomic E-state index is 12.4. The van der Waals surface area contributed by atoms with Crippen molar-refractivity contribution in [2.24, 2.45) is 0 Å². The predicted octanol–water partition coefficient (Wildman–Crippen LogP) is 1.93. The molecule has 2 unspecified atom stereocenters. The fraction of sp³-hybridized carbons (Fsp3) is 0.611. The largest absolute Gasteiger partial charge is 0.354 e. The first-order valence-corrected chi connectivity index (χ1v) is 8.41. The Bertz CT molecular complexity index is 455. The van der Waals surface area contributed by atoms with E-state index in [1.807, 2.05) is 25.1 Å². The molecule has 1 N–H and O–H groups in total. The average molecular weight is 303 g/mol. The third-order valence-electron chi connectivity index (χ3n) is 4.73. The van der Waals surface area contributed by atoms with E-state index >= 15 is 0 Å². The molecule has 22 heavy (non-hydrogen) atoms. The number of likely N-dealkylation sites (N-methyl/N-ethyl adjacent to an activating group) is 1. The topological polar surface area (TPSA) is 35.6 Å². The number of nitrogens with zero attached hydrogens (tertiary/aromatic N) is 2. The van der Waals surface area contributed by atoms with Gasteiger partial charge in [0, 0.05) is 32.7 Å². The van der Waals surface area contributed by atoms with E-state index in [1.54, 1.807) is 0 Å². The lowest BCUT2D eigenvalue weighted by Crippen LogP contribution is -2.54. The summed E-state index contributed by atoms with van der Waals surface area (Å²) in [5.41, 5.74) is 1.27. The van der Waals surface area contributed by atoms with Gasteiger partial charge in [-0.25, -0.2) is 0 Å². The van der Waals surface area contributed by atoms with Crippen molar-refractivity contribution < 1.29 is 4.79 Å². The molecule has 0 spiro atoms. The maximum Gasteiger partial charge on any atom is 0.237 e. The second kappa shape index (κ2) is 8.30. The Hall–Kier alpha value is -1.39. The summed E-state index contributed by atoms with van der Waals surface area (Å²) >= 11 is 0. The lowest BCUT2D eigenvalue weighted by molar-refractivity contribution is -0.126. The van der Waals surface area contributed by atoms with Gasteiger partial charge in [0.1, 0.15) is 0 Å². The summed E-state index contributed by atoms with van der Waals surface area (Å²) in [5, 5.41) is 3.11. The highest BCUT2D eigenvalue weighted by molar-refractivity contribution is 5.81. The molecule has 1 saturated heterocycles. The summed E-state index contributed by atoms with van der Waals surface area (Å²) in [6.45, 7) is 12.3. The van der Waals surface area contributed by atoms with Crippen LogP contribution in [0.5, 0.6) is 0 Å². The lowest BCUT2D eigenvalue weighted by atomic mass is 10.0. The Morgan fingerprint density at radius 3 is 2.36 bits per heavy atom. The number of carbonyl (C=O) groups excluding carboxylic acids is 1. The summed E-state index contributed by atoms with van der Waals surface area (Å²) < 4.78 is 0. The molecule has 1 heterocycles. The van der Waals surface area contributed by atoms with Gasteiger partial charge in [0.15, 0.2) is 0 Å². The van der Waals surface area contributed by atoms with Gasteiger partial charge in [0.2, 0.25) is 5.91 Å². The minimum Gasteiger partial charge on any atom is -0.354 e. The molecule has 4 heteroatoms. The first kappa shape index (κ1) is 17.0. The molecule has 1 amide bonds. The van der Waals surface area contributed by atoms with Crippen molar-refractivity contribution in [2.45, 2.75) is 32.7 Å². The third kappa shape index (κ3) is 4.55. The number of piperazine rings is 1. The number of nitrogens with one attached hydrogen (secondary N) is 1.